The molecule has 1 aliphatic rings. The van der Waals surface area contributed by atoms with Gasteiger partial charge in [0.25, 0.3) is 5.91 Å². The maximum absolute atomic E-state index is 13.2. The van der Waals surface area contributed by atoms with E-state index in [-0.39, 0.29) is 5.91 Å². The van der Waals surface area contributed by atoms with Crippen LogP contribution in [0, 0.1) is 0 Å². The van der Waals surface area contributed by atoms with Crippen LogP contribution in [0.15, 0.2) is 72.8 Å². The molecule has 0 radical (unpaired) electrons. The minimum absolute atomic E-state index is 0.191. The van der Waals surface area contributed by atoms with Crippen LogP contribution in [0.5, 0.6) is 11.5 Å². The second kappa shape index (κ2) is 9.23. The van der Waals surface area contributed by atoms with E-state index in [9.17, 15) is 9.59 Å². The van der Waals surface area contributed by atoms with Gasteiger partial charge >= 0.3 is 0 Å². The van der Waals surface area contributed by atoms with Gasteiger partial charge in [0.2, 0.25) is 5.91 Å². The van der Waals surface area contributed by atoms with Crippen molar-refractivity contribution in [2.24, 2.45) is 5.73 Å². The highest BCUT2D eigenvalue weighted by molar-refractivity contribution is 6.07. The van der Waals surface area contributed by atoms with E-state index < -0.39 is 5.91 Å². The van der Waals surface area contributed by atoms with Crippen molar-refractivity contribution in [1.29, 1.82) is 0 Å². The topological polar surface area (TPSA) is 104 Å². The Labute approximate surface area is 196 Å². The number of carbonyl (C=O) groups is 2. The summed E-state index contributed by atoms with van der Waals surface area (Å²) in [5.74, 6) is 0.710. The standard InChI is InChI=1S/C27H23N3O4/c28-26(31)19-5-3-4-17(14-19)10-11-29-27(32)21-16-23(30-22-7-2-1-6-20(21)22)18-8-9-24-25(15-18)34-13-12-33-24/h1-9,14-16H,10-13H2,(H2,28,31)(H,29,32). The lowest BCUT2D eigenvalue weighted by atomic mass is 10.0. The number of nitrogens with two attached hydrogens (primary N) is 1. The molecule has 0 saturated heterocycles. The number of para-hydroxylation sites is 1. The number of carbonyl (C=O) groups excluding carboxylic acids is 2. The van der Waals surface area contributed by atoms with Crippen LogP contribution in [0.2, 0.25) is 0 Å². The number of primary amides is 1. The molecule has 7 nitrogen and oxygen atoms in total. The lowest BCUT2D eigenvalue weighted by molar-refractivity contribution is 0.0954. The maximum Gasteiger partial charge on any atom is 0.252 e. The fraction of sp³-hybridized carbons (Fsp3) is 0.148. The summed E-state index contributed by atoms with van der Waals surface area (Å²) in [7, 11) is 0. The van der Waals surface area contributed by atoms with E-state index in [1.54, 1.807) is 24.3 Å². The van der Waals surface area contributed by atoms with Gasteiger partial charge in [0.15, 0.2) is 11.5 Å². The Balaban J connectivity index is 1.40. The SMILES string of the molecule is NC(=O)c1cccc(CCNC(=O)c2cc(-c3ccc4c(c3)OCCO4)nc3ccccc23)c1. The van der Waals surface area contributed by atoms with Crippen LogP contribution in [0.3, 0.4) is 0 Å². The van der Waals surface area contributed by atoms with Crippen molar-refractivity contribution < 1.29 is 19.1 Å². The Morgan fingerprint density at radius 3 is 2.59 bits per heavy atom. The zero-order valence-electron chi connectivity index (χ0n) is 18.4. The van der Waals surface area contributed by atoms with Crippen molar-refractivity contribution in [3.05, 3.63) is 89.5 Å². The summed E-state index contributed by atoms with van der Waals surface area (Å²) in [5, 5.41) is 3.76. The van der Waals surface area contributed by atoms with Crippen molar-refractivity contribution >= 4 is 22.7 Å². The summed E-state index contributed by atoms with van der Waals surface area (Å²) in [4.78, 5) is 29.4. The summed E-state index contributed by atoms with van der Waals surface area (Å²) < 4.78 is 11.3. The number of nitrogens with one attached hydrogen (secondary N) is 1. The average Bonchev–Trinajstić information content (AvgIpc) is 2.87. The monoisotopic (exact) mass is 453 g/mol. The van der Waals surface area contributed by atoms with Gasteiger partial charge in [0.1, 0.15) is 13.2 Å². The van der Waals surface area contributed by atoms with Gasteiger partial charge < -0.3 is 20.5 Å². The summed E-state index contributed by atoms with van der Waals surface area (Å²) in [6.07, 6.45) is 0.574. The van der Waals surface area contributed by atoms with Gasteiger partial charge in [-0.3, -0.25) is 9.59 Å². The molecule has 5 rings (SSSR count). The fourth-order valence-electron chi connectivity index (χ4n) is 4.01. The average molecular weight is 453 g/mol. The zero-order valence-corrected chi connectivity index (χ0v) is 18.4. The number of ether oxygens (including phenoxy) is 2. The molecule has 0 saturated carbocycles. The molecular formula is C27H23N3O4. The van der Waals surface area contributed by atoms with E-state index in [0.29, 0.717) is 54.5 Å². The van der Waals surface area contributed by atoms with E-state index in [1.807, 2.05) is 48.5 Å². The molecule has 0 aliphatic carbocycles. The maximum atomic E-state index is 13.2. The number of fused-ring (bicyclic) bond motifs is 2. The van der Waals surface area contributed by atoms with E-state index in [1.165, 1.54) is 0 Å². The lowest BCUT2D eigenvalue weighted by Gasteiger charge is -2.19. The van der Waals surface area contributed by atoms with Crippen LogP contribution >= 0.6 is 0 Å². The molecule has 2 heterocycles. The molecule has 2 amide bonds. The molecule has 1 aromatic heterocycles. The van der Waals surface area contributed by atoms with Crippen LogP contribution in [0.4, 0.5) is 0 Å². The van der Waals surface area contributed by atoms with Crippen molar-refractivity contribution in [3.8, 4) is 22.8 Å². The fourth-order valence-corrected chi connectivity index (χ4v) is 4.01. The number of amides is 2. The first-order valence-corrected chi connectivity index (χ1v) is 11.1. The number of pyridine rings is 1. The minimum Gasteiger partial charge on any atom is -0.486 e. The molecule has 0 bridgehead atoms. The van der Waals surface area contributed by atoms with Crippen molar-refractivity contribution in [2.75, 3.05) is 19.8 Å². The summed E-state index contributed by atoms with van der Waals surface area (Å²) >= 11 is 0. The molecule has 34 heavy (non-hydrogen) atoms. The molecule has 0 spiro atoms. The molecule has 4 aromatic rings. The Bertz CT molecular complexity index is 1400. The third-order valence-corrected chi connectivity index (χ3v) is 5.71. The van der Waals surface area contributed by atoms with Gasteiger partial charge in [-0.1, -0.05) is 30.3 Å². The normalized spacial score (nSPS) is 12.4. The highest BCUT2D eigenvalue weighted by atomic mass is 16.6. The van der Waals surface area contributed by atoms with Gasteiger partial charge in [-0.05, 0) is 54.4 Å². The van der Waals surface area contributed by atoms with E-state index >= 15 is 0 Å². The largest absolute Gasteiger partial charge is 0.486 e. The second-order valence-corrected chi connectivity index (χ2v) is 8.00. The zero-order chi connectivity index (χ0) is 23.5. The molecule has 3 aromatic carbocycles. The van der Waals surface area contributed by atoms with Gasteiger partial charge in [0.05, 0.1) is 16.8 Å². The highest BCUT2D eigenvalue weighted by Gasteiger charge is 2.17. The number of rotatable bonds is 6. The van der Waals surface area contributed by atoms with Gasteiger partial charge in [-0.25, -0.2) is 4.98 Å². The molecule has 1 aliphatic heterocycles. The first kappa shape index (κ1) is 21.5. The summed E-state index contributed by atoms with van der Waals surface area (Å²) in [6.45, 7) is 1.44. The van der Waals surface area contributed by atoms with E-state index in [0.717, 1.165) is 22.0 Å². The molecule has 0 unspecified atom stereocenters. The quantitative estimate of drug-likeness (QED) is 0.463. The Morgan fingerprint density at radius 2 is 1.74 bits per heavy atom. The Kier molecular flexibility index (Phi) is 5.82. The van der Waals surface area contributed by atoms with Crippen LogP contribution in [-0.2, 0) is 6.42 Å². The summed E-state index contributed by atoms with van der Waals surface area (Å²) in [6, 6.07) is 22.1. The van der Waals surface area contributed by atoms with Crippen LogP contribution in [-0.4, -0.2) is 36.6 Å². The highest BCUT2D eigenvalue weighted by Crippen LogP contribution is 2.35. The van der Waals surface area contributed by atoms with Crippen LogP contribution in [0.25, 0.3) is 22.2 Å². The Hall–Kier alpha value is -4.39. The third-order valence-electron chi connectivity index (χ3n) is 5.71. The smallest absolute Gasteiger partial charge is 0.252 e. The van der Waals surface area contributed by atoms with E-state index in [4.69, 9.17) is 20.2 Å². The summed E-state index contributed by atoms with van der Waals surface area (Å²) in [5.41, 5.74) is 9.52. The Morgan fingerprint density at radius 1 is 0.912 bits per heavy atom. The molecule has 3 N–H and O–H groups in total. The minimum atomic E-state index is -0.471. The number of hydrogen-bond donors (Lipinski definition) is 2. The number of nitrogens with zero attached hydrogens (tertiary/aromatic N) is 1. The molecule has 0 fully saturated rings. The van der Waals surface area contributed by atoms with Crippen molar-refractivity contribution in [1.82, 2.24) is 10.3 Å². The molecule has 170 valence electrons. The van der Waals surface area contributed by atoms with Gasteiger partial charge in [0, 0.05) is 23.1 Å². The molecular weight excluding hydrogens is 430 g/mol. The van der Waals surface area contributed by atoms with Gasteiger partial charge in [-0.15, -0.1) is 0 Å². The van der Waals surface area contributed by atoms with E-state index in [2.05, 4.69) is 5.32 Å². The first-order valence-electron chi connectivity index (χ1n) is 11.1. The number of hydrogen-bond acceptors (Lipinski definition) is 5. The first-order chi connectivity index (χ1) is 16.6. The van der Waals surface area contributed by atoms with Crippen LogP contribution in [0.1, 0.15) is 26.3 Å². The predicted octanol–water partition coefficient (Wildman–Crippen LogP) is 3.74. The van der Waals surface area contributed by atoms with Gasteiger partial charge in [-0.2, -0.15) is 0 Å². The lowest BCUT2D eigenvalue weighted by Crippen LogP contribution is -2.26. The molecule has 7 heteroatoms. The number of benzene rings is 3. The van der Waals surface area contributed by atoms with Crippen molar-refractivity contribution in [2.45, 2.75) is 6.42 Å². The third kappa shape index (κ3) is 4.41. The molecule has 0 atom stereocenters. The second-order valence-electron chi connectivity index (χ2n) is 8.00. The van der Waals surface area contributed by atoms with Crippen LogP contribution < -0.4 is 20.5 Å². The number of aromatic nitrogens is 1. The predicted molar refractivity (Wildman–Crippen MR) is 129 cm³/mol. The van der Waals surface area contributed by atoms with Crippen molar-refractivity contribution in [3.63, 3.8) is 0 Å².